The molecule has 1 aliphatic rings. The largest absolute Gasteiger partial charge is 0.462 e. The Hall–Kier alpha value is -2.98. The van der Waals surface area contributed by atoms with Gasteiger partial charge >= 0.3 is 6.01 Å². The molecule has 234 valence electrons. The van der Waals surface area contributed by atoms with Crippen LogP contribution in [0.1, 0.15) is 33.1 Å². The second kappa shape index (κ2) is 15.3. The van der Waals surface area contributed by atoms with E-state index in [1.807, 2.05) is 48.3 Å². The minimum atomic E-state index is -0.514. The number of rotatable bonds is 14. The van der Waals surface area contributed by atoms with Crippen LogP contribution < -0.4 is 9.64 Å². The zero-order chi connectivity index (χ0) is 31.1. The molecule has 1 atom stereocenters. The fourth-order valence-electron chi connectivity index (χ4n) is 5.74. The molecule has 1 fully saturated rings. The highest BCUT2D eigenvalue weighted by Gasteiger charge is 2.24. The number of anilines is 1. The highest BCUT2D eigenvalue weighted by molar-refractivity contribution is 8.02. The highest BCUT2D eigenvalue weighted by atomic mass is 35.5. The van der Waals surface area contributed by atoms with E-state index >= 15 is 4.39 Å². The van der Waals surface area contributed by atoms with Gasteiger partial charge in [-0.05, 0) is 62.8 Å². The first-order chi connectivity index (χ1) is 21.4. The van der Waals surface area contributed by atoms with Crippen molar-refractivity contribution in [2.75, 3.05) is 64.1 Å². The summed E-state index contributed by atoms with van der Waals surface area (Å²) in [6.45, 7) is 9.72. The Morgan fingerprint density at radius 1 is 1.16 bits per heavy atom. The van der Waals surface area contributed by atoms with Gasteiger partial charge in [0.2, 0.25) is 0 Å². The summed E-state index contributed by atoms with van der Waals surface area (Å²) in [6, 6.07) is 11.8. The van der Waals surface area contributed by atoms with Crippen LogP contribution in [-0.2, 0) is 0 Å². The predicted molar refractivity (Wildman–Crippen MR) is 184 cm³/mol. The van der Waals surface area contributed by atoms with E-state index in [4.69, 9.17) is 21.3 Å². The third-order valence-electron chi connectivity index (χ3n) is 8.28. The van der Waals surface area contributed by atoms with Crippen LogP contribution in [0, 0.1) is 5.82 Å². The number of nitrogens with zero attached hydrogens (tertiary/aromatic N) is 6. The zero-order valence-electron chi connectivity index (χ0n) is 26.1. The summed E-state index contributed by atoms with van der Waals surface area (Å²) < 4.78 is 22.6. The molecule has 44 heavy (non-hydrogen) atoms. The van der Waals surface area contributed by atoms with E-state index in [1.165, 1.54) is 0 Å². The summed E-state index contributed by atoms with van der Waals surface area (Å²) in [6.07, 6.45) is 7.23. The molecule has 0 aliphatic carbocycles. The smallest absolute Gasteiger partial charge is 0.319 e. The Morgan fingerprint density at radius 3 is 2.73 bits per heavy atom. The SMILES string of the molecule is CCCN(CC)C/C=C/SCCN(C)c1nc(OCC2CCCN2C)nc2c(F)c(-c3cccc4cccc(Cl)c34)ncc12. The molecule has 0 bridgehead atoms. The number of fused-ring (bicyclic) bond motifs is 2. The van der Waals surface area contributed by atoms with Crippen molar-refractivity contribution in [3.8, 4) is 17.3 Å². The fraction of sp³-hybridized carbons (Fsp3) is 0.441. The lowest BCUT2D eigenvalue weighted by molar-refractivity contribution is 0.188. The summed E-state index contributed by atoms with van der Waals surface area (Å²) in [4.78, 5) is 20.7. The third-order valence-corrected chi connectivity index (χ3v) is 9.40. The van der Waals surface area contributed by atoms with Gasteiger partial charge < -0.3 is 14.5 Å². The Labute approximate surface area is 269 Å². The lowest BCUT2D eigenvalue weighted by atomic mass is 10.0. The first-order valence-electron chi connectivity index (χ1n) is 15.5. The van der Waals surface area contributed by atoms with Crippen molar-refractivity contribution in [2.45, 2.75) is 39.2 Å². The van der Waals surface area contributed by atoms with E-state index in [-0.39, 0.29) is 23.3 Å². The number of benzene rings is 2. The second-order valence-corrected chi connectivity index (χ2v) is 12.7. The molecule has 1 saturated heterocycles. The molecule has 0 radical (unpaired) electrons. The topological polar surface area (TPSA) is 57.6 Å². The number of thioether (sulfide) groups is 1. The van der Waals surface area contributed by atoms with Crippen molar-refractivity contribution in [1.82, 2.24) is 24.8 Å². The van der Waals surface area contributed by atoms with E-state index in [2.05, 4.69) is 52.1 Å². The summed E-state index contributed by atoms with van der Waals surface area (Å²) in [5, 5.41) is 4.94. The van der Waals surface area contributed by atoms with Crippen LogP contribution in [0.25, 0.3) is 32.9 Å². The lowest BCUT2D eigenvalue weighted by Gasteiger charge is -2.22. The molecule has 0 N–H and O–H groups in total. The minimum Gasteiger partial charge on any atom is -0.462 e. The Bertz CT molecular complexity index is 1600. The first kappa shape index (κ1) is 32.4. The van der Waals surface area contributed by atoms with E-state index < -0.39 is 5.82 Å². The standard InChI is InChI=1S/C34H42ClFN6OS/c1-5-16-42(6-2)18-10-20-44-21-19-41(4)33-27-22-37-31(26-14-7-11-24-12-8-15-28(35)29(24)26)30(36)32(27)38-34(39-33)43-23-25-13-9-17-40(25)3/h7-8,10-12,14-15,20,22,25H,5-6,9,13,16-19,21,23H2,1-4H3/b20-10+. The predicted octanol–water partition coefficient (Wildman–Crippen LogP) is 7.53. The van der Waals surface area contributed by atoms with Gasteiger partial charge in [0.25, 0.3) is 0 Å². The van der Waals surface area contributed by atoms with Crippen molar-refractivity contribution < 1.29 is 9.13 Å². The summed E-state index contributed by atoms with van der Waals surface area (Å²) >= 11 is 8.35. The number of hydrogen-bond donors (Lipinski definition) is 0. The molecule has 7 nitrogen and oxygen atoms in total. The lowest BCUT2D eigenvalue weighted by Crippen LogP contribution is -2.31. The van der Waals surface area contributed by atoms with Gasteiger partial charge in [-0.1, -0.05) is 61.9 Å². The molecule has 4 aromatic rings. The number of ether oxygens (including phenoxy) is 1. The maximum Gasteiger partial charge on any atom is 0.319 e. The molecule has 0 saturated carbocycles. The Morgan fingerprint density at radius 2 is 1.98 bits per heavy atom. The maximum absolute atomic E-state index is 16.5. The third kappa shape index (κ3) is 7.45. The molecular weight excluding hydrogens is 595 g/mol. The summed E-state index contributed by atoms with van der Waals surface area (Å²) in [7, 11) is 4.07. The Kier molecular flexibility index (Phi) is 11.3. The van der Waals surface area contributed by atoms with Gasteiger partial charge in [0.05, 0.1) is 5.39 Å². The molecule has 0 amide bonds. The molecule has 10 heteroatoms. The average Bonchev–Trinajstić information content (AvgIpc) is 3.45. The van der Waals surface area contributed by atoms with Crippen LogP contribution in [-0.4, -0.2) is 90.0 Å². The van der Waals surface area contributed by atoms with Crippen LogP contribution in [0.15, 0.2) is 54.1 Å². The zero-order valence-corrected chi connectivity index (χ0v) is 27.7. The van der Waals surface area contributed by atoms with Gasteiger partial charge in [-0.25, -0.2) is 4.39 Å². The van der Waals surface area contributed by atoms with Gasteiger partial charge in [0, 0.05) is 54.1 Å². The Balaban J connectivity index is 1.44. The van der Waals surface area contributed by atoms with Crippen LogP contribution in [0.2, 0.25) is 5.02 Å². The maximum atomic E-state index is 16.5. The van der Waals surface area contributed by atoms with Crippen LogP contribution in [0.4, 0.5) is 10.2 Å². The van der Waals surface area contributed by atoms with Crippen LogP contribution >= 0.6 is 23.4 Å². The summed E-state index contributed by atoms with van der Waals surface area (Å²) in [5.74, 6) is 0.937. The molecule has 2 aromatic carbocycles. The number of halogens is 2. The van der Waals surface area contributed by atoms with Crippen LogP contribution in [0.5, 0.6) is 6.01 Å². The average molecular weight is 637 g/mol. The highest BCUT2D eigenvalue weighted by Crippen LogP contribution is 2.37. The van der Waals surface area contributed by atoms with E-state index in [0.29, 0.717) is 34.9 Å². The molecule has 0 spiro atoms. The number of likely N-dealkylation sites (tertiary alicyclic amines) is 1. The second-order valence-electron chi connectivity index (χ2n) is 11.3. The minimum absolute atomic E-state index is 0.176. The number of aromatic nitrogens is 3. The molecule has 5 rings (SSSR count). The molecular formula is C34H42ClFN6OS. The van der Waals surface area contributed by atoms with Crippen molar-refractivity contribution >= 4 is 50.9 Å². The van der Waals surface area contributed by atoms with Gasteiger partial charge in [-0.3, -0.25) is 9.88 Å². The van der Waals surface area contributed by atoms with Crippen LogP contribution in [0.3, 0.4) is 0 Å². The van der Waals surface area contributed by atoms with Crippen molar-refractivity contribution in [3.05, 3.63) is 64.9 Å². The van der Waals surface area contributed by atoms with Gasteiger partial charge in [-0.15, -0.1) is 11.8 Å². The fourth-order valence-corrected chi connectivity index (χ4v) is 6.76. The van der Waals surface area contributed by atoms with Crippen molar-refractivity contribution in [3.63, 3.8) is 0 Å². The molecule has 1 aliphatic heterocycles. The monoisotopic (exact) mass is 636 g/mol. The van der Waals surface area contributed by atoms with Crippen molar-refractivity contribution in [1.29, 1.82) is 0 Å². The number of pyridine rings is 1. The van der Waals surface area contributed by atoms with Gasteiger partial charge in [0.1, 0.15) is 23.6 Å². The van der Waals surface area contributed by atoms with Gasteiger partial charge in [0.15, 0.2) is 5.82 Å². The number of hydrogen-bond acceptors (Lipinski definition) is 8. The molecule has 2 aromatic heterocycles. The molecule has 3 heterocycles. The van der Waals surface area contributed by atoms with E-state index in [0.717, 1.165) is 62.0 Å². The normalized spacial score (nSPS) is 15.8. The van der Waals surface area contributed by atoms with Crippen molar-refractivity contribution in [2.24, 2.45) is 0 Å². The number of likely N-dealkylation sites (N-methyl/N-ethyl adjacent to an activating group) is 2. The summed E-state index contributed by atoms with van der Waals surface area (Å²) in [5.41, 5.74) is 1.02. The van der Waals surface area contributed by atoms with E-state index in [1.54, 1.807) is 18.0 Å². The van der Waals surface area contributed by atoms with E-state index in [9.17, 15) is 0 Å². The molecule has 1 unspecified atom stereocenters. The van der Waals surface area contributed by atoms with Gasteiger partial charge in [-0.2, -0.15) is 9.97 Å². The quantitative estimate of drug-likeness (QED) is 0.132. The first-order valence-corrected chi connectivity index (χ1v) is 16.9.